The zero-order valence-corrected chi connectivity index (χ0v) is 9.10. The van der Waals surface area contributed by atoms with E-state index in [1.165, 1.54) is 13.3 Å². The molecule has 0 saturated carbocycles. The monoisotopic (exact) mass is 227 g/mol. The predicted octanol–water partition coefficient (Wildman–Crippen LogP) is 1.82. The Labute approximate surface area is 98.5 Å². The van der Waals surface area contributed by atoms with Crippen LogP contribution in [0, 0.1) is 22.7 Å². The van der Waals surface area contributed by atoms with Crippen LogP contribution in [0.3, 0.4) is 0 Å². The summed E-state index contributed by atoms with van der Waals surface area (Å²) >= 11 is 0. The SMILES string of the molecule is COC(=O)c1cccc(NC=C(C#N)C#N)c1. The fourth-order valence-electron chi connectivity index (χ4n) is 1.10. The maximum absolute atomic E-state index is 11.2. The van der Waals surface area contributed by atoms with Crippen LogP contribution in [0.25, 0.3) is 0 Å². The van der Waals surface area contributed by atoms with Gasteiger partial charge in [-0.15, -0.1) is 0 Å². The lowest BCUT2D eigenvalue weighted by Crippen LogP contribution is -2.01. The average Bonchev–Trinajstić information content (AvgIpc) is 2.39. The molecule has 0 fully saturated rings. The van der Waals surface area contributed by atoms with Crippen LogP contribution in [0.1, 0.15) is 10.4 Å². The quantitative estimate of drug-likeness (QED) is 0.628. The molecule has 0 aromatic heterocycles. The summed E-state index contributed by atoms with van der Waals surface area (Å²) < 4.78 is 4.57. The Bertz CT molecular complexity index is 519. The number of hydrogen-bond acceptors (Lipinski definition) is 5. The Hall–Kier alpha value is -2.79. The third-order valence-corrected chi connectivity index (χ3v) is 1.91. The topological polar surface area (TPSA) is 85.9 Å². The highest BCUT2D eigenvalue weighted by atomic mass is 16.5. The van der Waals surface area contributed by atoms with Crippen molar-refractivity contribution in [3.63, 3.8) is 0 Å². The second kappa shape index (κ2) is 5.94. The number of benzene rings is 1. The molecule has 0 saturated heterocycles. The van der Waals surface area contributed by atoms with Crippen LogP contribution in [0.15, 0.2) is 36.0 Å². The molecule has 5 nitrogen and oxygen atoms in total. The van der Waals surface area contributed by atoms with Gasteiger partial charge in [0.25, 0.3) is 0 Å². The molecule has 84 valence electrons. The zero-order chi connectivity index (χ0) is 12.7. The summed E-state index contributed by atoms with van der Waals surface area (Å²) in [5.41, 5.74) is 0.936. The van der Waals surface area contributed by atoms with Crippen molar-refractivity contribution < 1.29 is 9.53 Å². The third-order valence-electron chi connectivity index (χ3n) is 1.91. The molecule has 17 heavy (non-hydrogen) atoms. The summed E-state index contributed by atoms with van der Waals surface area (Å²) in [6.45, 7) is 0. The van der Waals surface area contributed by atoms with Crippen LogP contribution in [0.2, 0.25) is 0 Å². The third kappa shape index (κ3) is 3.37. The molecule has 0 amide bonds. The molecule has 0 radical (unpaired) electrons. The zero-order valence-electron chi connectivity index (χ0n) is 9.10. The highest BCUT2D eigenvalue weighted by Crippen LogP contribution is 2.11. The molecule has 1 rings (SSSR count). The van der Waals surface area contributed by atoms with Gasteiger partial charge < -0.3 is 10.1 Å². The van der Waals surface area contributed by atoms with Gasteiger partial charge in [0.2, 0.25) is 0 Å². The minimum Gasteiger partial charge on any atom is -0.465 e. The second-order valence-corrected chi connectivity index (χ2v) is 3.00. The maximum atomic E-state index is 11.2. The van der Waals surface area contributed by atoms with E-state index in [1.807, 2.05) is 0 Å². The Kier molecular flexibility index (Phi) is 4.29. The minimum atomic E-state index is -0.446. The summed E-state index contributed by atoms with van der Waals surface area (Å²) in [4.78, 5) is 11.2. The van der Waals surface area contributed by atoms with E-state index in [1.54, 1.807) is 36.4 Å². The van der Waals surface area contributed by atoms with Crippen LogP contribution in [-0.4, -0.2) is 13.1 Å². The summed E-state index contributed by atoms with van der Waals surface area (Å²) in [6.07, 6.45) is 1.27. The van der Waals surface area contributed by atoms with Gasteiger partial charge in [0, 0.05) is 11.9 Å². The van der Waals surface area contributed by atoms with Gasteiger partial charge in [-0.1, -0.05) is 6.07 Å². The highest BCUT2D eigenvalue weighted by Gasteiger charge is 2.04. The number of esters is 1. The Morgan fingerprint density at radius 1 is 1.41 bits per heavy atom. The van der Waals surface area contributed by atoms with Crippen molar-refractivity contribution >= 4 is 11.7 Å². The van der Waals surface area contributed by atoms with E-state index in [0.717, 1.165) is 0 Å². The smallest absolute Gasteiger partial charge is 0.337 e. The fraction of sp³-hybridized carbons (Fsp3) is 0.0833. The number of nitriles is 2. The summed E-state index contributed by atoms with van der Waals surface area (Å²) in [7, 11) is 1.30. The number of rotatable bonds is 3. The van der Waals surface area contributed by atoms with E-state index in [4.69, 9.17) is 10.5 Å². The van der Waals surface area contributed by atoms with E-state index < -0.39 is 5.97 Å². The first-order valence-corrected chi connectivity index (χ1v) is 4.66. The number of hydrogen-bond donors (Lipinski definition) is 1. The first kappa shape index (κ1) is 12.3. The molecule has 0 unspecified atom stereocenters. The molecule has 0 aliphatic rings. The van der Waals surface area contributed by atoms with Gasteiger partial charge in [0.1, 0.15) is 17.7 Å². The van der Waals surface area contributed by atoms with Gasteiger partial charge in [-0.25, -0.2) is 4.79 Å². The lowest BCUT2D eigenvalue weighted by atomic mass is 10.2. The van der Waals surface area contributed by atoms with Crippen molar-refractivity contribution in [2.24, 2.45) is 0 Å². The van der Waals surface area contributed by atoms with Crippen molar-refractivity contribution in [1.82, 2.24) is 0 Å². The molecule has 0 heterocycles. The largest absolute Gasteiger partial charge is 0.465 e. The average molecular weight is 227 g/mol. The summed E-state index contributed by atoms with van der Waals surface area (Å²) in [6, 6.07) is 9.98. The first-order valence-electron chi connectivity index (χ1n) is 4.66. The Morgan fingerprint density at radius 2 is 2.12 bits per heavy atom. The number of anilines is 1. The number of ether oxygens (including phenoxy) is 1. The van der Waals surface area contributed by atoms with E-state index in [0.29, 0.717) is 11.3 Å². The highest BCUT2D eigenvalue weighted by molar-refractivity contribution is 5.90. The van der Waals surface area contributed by atoms with Gasteiger partial charge in [-0.05, 0) is 18.2 Å². The lowest BCUT2D eigenvalue weighted by molar-refractivity contribution is 0.0601. The minimum absolute atomic E-state index is 0.0477. The van der Waals surface area contributed by atoms with Gasteiger partial charge in [-0.2, -0.15) is 10.5 Å². The molecule has 5 heteroatoms. The Balaban J connectivity index is 2.88. The standard InChI is InChI=1S/C12H9N3O2/c1-17-12(16)10-3-2-4-11(5-10)15-8-9(6-13)7-14/h2-5,8,15H,1H3. The van der Waals surface area contributed by atoms with Crippen LogP contribution in [-0.2, 0) is 4.74 Å². The van der Waals surface area contributed by atoms with E-state index in [2.05, 4.69) is 10.1 Å². The molecular formula is C12H9N3O2. The van der Waals surface area contributed by atoms with Crippen molar-refractivity contribution in [3.8, 4) is 12.1 Å². The number of allylic oxidation sites excluding steroid dienone is 1. The normalized spacial score (nSPS) is 8.41. The van der Waals surface area contributed by atoms with Gasteiger partial charge >= 0.3 is 5.97 Å². The molecule has 0 bridgehead atoms. The van der Waals surface area contributed by atoms with Crippen LogP contribution < -0.4 is 5.32 Å². The molecule has 0 spiro atoms. The van der Waals surface area contributed by atoms with Crippen molar-refractivity contribution in [3.05, 3.63) is 41.6 Å². The van der Waals surface area contributed by atoms with Gasteiger partial charge in [0.05, 0.1) is 12.7 Å². The van der Waals surface area contributed by atoms with Crippen molar-refractivity contribution in [2.75, 3.05) is 12.4 Å². The Morgan fingerprint density at radius 3 is 2.71 bits per heavy atom. The molecule has 0 atom stereocenters. The maximum Gasteiger partial charge on any atom is 0.337 e. The molecule has 0 aliphatic carbocycles. The van der Waals surface area contributed by atoms with E-state index in [-0.39, 0.29) is 5.57 Å². The molecule has 0 aliphatic heterocycles. The molecular weight excluding hydrogens is 218 g/mol. The van der Waals surface area contributed by atoms with Crippen molar-refractivity contribution in [1.29, 1.82) is 10.5 Å². The van der Waals surface area contributed by atoms with Crippen LogP contribution >= 0.6 is 0 Å². The first-order chi connectivity index (χ1) is 8.21. The number of nitrogens with one attached hydrogen (secondary N) is 1. The molecule has 1 N–H and O–H groups in total. The second-order valence-electron chi connectivity index (χ2n) is 3.00. The summed E-state index contributed by atoms with van der Waals surface area (Å²) in [5, 5.41) is 19.8. The van der Waals surface area contributed by atoms with Gasteiger partial charge in [-0.3, -0.25) is 0 Å². The summed E-state index contributed by atoms with van der Waals surface area (Å²) in [5.74, 6) is -0.446. The molecule has 1 aromatic carbocycles. The lowest BCUT2D eigenvalue weighted by Gasteiger charge is -2.03. The van der Waals surface area contributed by atoms with Crippen molar-refractivity contribution in [2.45, 2.75) is 0 Å². The van der Waals surface area contributed by atoms with E-state index in [9.17, 15) is 4.79 Å². The number of carbonyl (C=O) groups is 1. The molecule has 1 aromatic rings. The predicted molar refractivity (Wildman–Crippen MR) is 60.7 cm³/mol. The van der Waals surface area contributed by atoms with Crippen LogP contribution in [0.4, 0.5) is 5.69 Å². The van der Waals surface area contributed by atoms with Gasteiger partial charge in [0.15, 0.2) is 0 Å². The number of methoxy groups -OCH3 is 1. The fourth-order valence-corrected chi connectivity index (χ4v) is 1.10. The van der Waals surface area contributed by atoms with E-state index >= 15 is 0 Å². The van der Waals surface area contributed by atoms with Crippen LogP contribution in [0.5, 0.6) is 0 Å². The number of nitrogens with zero attached hydrogens (tertiary/aromatic N) is 2. The number of carbonyl (C=O) groups excluding carboxylic acids is 1.